The van der Waals surface area contributed by atoms with Gasteiger partial charge in [0.25, 0.3) is 5.91 Å². The highest BCUT2D eigenvalue weighted by Crippen LogP contribution is 2.14. The van der Waals surface area contributed by atoms with Gasteiger partial charge in [-0.05, 0) is 32.9 Å². The third kappa shape index (κ3) is 3.25. The lowest BCUT2D eigenvalue weighted by Crippen LogP contribution is -2.53. The number of hydrogen-bond acceptors (Lipinski definition) is 4. The first-order valence-corrected chi connectivity index (χ1v) is 5.84. The van der Waals surface area contributed by atoms with E-state index in [9.17, 15) is 9.90 Å². The summed E-state index contributed by atoms with van der Waals surface area (Å²) in [5.41, 5.74) is 0.542. The van der Waals surface area contributed by atoms with Crippen molar-refractivity contribution >= 4 is 18.3 Å². The molecule has 0 bridgehead atoms. The molecule has 0 radical (unpaired) electrons. The van der Waals surface area contributed by atoms with E-state index in [0.29, 0.717) is 24.3 Å². The Morgan fingerprint density at radius 3 is 2.83 bits per heavy atom. The summed E-state index contributed by atoms with van der Waals surface area (Å²) in [7, 11) is 0. The van der Waals surface area contributed by atoms with E-state index in [1.807, 2.05) is 0 Å². The summed E-state index contributed by atoms with van der Waals surface area (Å²) >= 11 is 0. The monoisotopic (exact) mass is 274 g/mol. The summed E-state index contributed by atoms with van der Waals surface area (Å²) in [6.45, 7) is 4.96. The molecule has 2 heterocycles. The maximum absolute atomic E-state index is 12.0. The fourth-order valence-electron chi connectivity index (χ4n) is 2.09. The zero-order valence-corrected chi connectivity index (χ0v) is 11.3. The van der Waals surface area contributed by atoms with Gasteiger partial charge in [-0.25, -0.2) is 0 Å². The van der Waals surface area contributed by atoms with Crippen molar-refractivity contribution in [3.8, 4) is 0 Å². The summed E-state index contributed by atoms with van der Waals surface area (Å²) in [6, 6.07) is 1.48. The number of rotatable bonds is 2. The second-order valence-corrected chi connectivity index (χ2v) is 4.47. The second kappa shape index (κ2) is 6.22. The van der Waals surface area contributed by atoms with E-state index in [0.717, 1.165) is 12.3 Å². The van der Waals surface area contributed by atoms with E-state index in [1.165, 1.54) is 0 Å². The number of halogens is 1. The van der Waals surface area contributed by atoms with Gasteiger partial charge < -0.3 is 20.2 Å². The fourth-order valence-corrected chi connectivity index (χ4v) is 2.09. The molecule has 1 saturated heterocycles. The van der Waals surface area contributed by atoms with Crippen molar-refractivity contribution in [2.24, 2.45) is 0 Å². The highest BCUT2D eigenvalue weighted by atomic mass is 35.5. The van der Waals surface area contributed by atoms with E-state index < -0.39 is 6.10 Å². The van der Waals surface area contributed by atoms with E-state index in [2.05, 4.69) is 10.6 Å². The Bertz CT molecular complexity index is 419. The number of carbonyl (C=O) groups is 1. The minimum atomic E-state index is -0.478. The van der Waals surface area contributed by atoms with Crippen LogP contribution in [0.5, 0.6) is 0 Å². The topological polar surface area (TPSA) is 74.5 Å². The van der Waals surface area contributed by atoms with Crippen LogP contribution in [0, 0.1) is 13.8 Å². The number of carbonyl (C=O) groups excluding carboxylic acids is 1. The molecule has 1 aliphatic heterocycles. The predicted molar refractivity (Wildman–Crippen MR) is 70.2 cm³/mol. The summed E-state index contributed by atoms with van der Waals surface area (Å²) in [4.78, 5) is 12.0. The first-order valence-electron chi connectivity index (χ1n) is 5.84. The lowest BCUT2D eigenvalue weighted by molar-refractivity contribution is 0.0753. The Labute approximate surface area is 112 Å². The molecule has 6 heteroatoms. The number of furan rings is 1. The molecule has 1 amide bonds. The van der Waals surface area contributed by atoms with Crippen LogP contribution >= 0.6 is 12.4 Å². The van der Waals surface area contributed by atoms with E-state index >= 15 is 0 Å². The largest absolute Gasteiger partial charge is 0.466 e. The van der Waals surface area contributed by atoms with Crippen LogP contribution in [0.4, 0.5) is 0 Å². The number of aliphatic hydroxyl groups is 1. The Morgan fingerprint density at radius 1 is 1.56 bits per heavy atom. The van der Waals surface area contributed by atoms with Crippen LogP contribution in [0.3, 0.4) is 0 Å². The third-order valence-corrected chi connectivity index (χ3v) is 3.05. The van der Waals surface area contributed by atoms with Gasteiger partial charge in [0.15, 0.2) is 0 Å². The number of piperidine rings is 1. The molecule has 2 atom stereocenters. The highest BCUT2D eigenvalue weighted by Gasteiger charge is 2.25. The smallest absolute Gasteiger partial charge is 0.255 e. The fraction of sp³-hybridized carbons (Fsp3) is 0.583. The van der Waals surface area contributed by atoms with Crippen LogP contribution in [-0.4, -0.2) is 36.2 Å². The minimum Gasteiger partial charge on any atom is -0.466 e. The van der Waals surface area contributed by atoms with Crippen LogP contribution in [0.25, 0.3) is 0 Å². The Balaban J connectivity index is 0.00000162. The minimum absolute atomic E-state index is 0. The molecule has 0 saturated carbocycles. The van der Waals surface area contributed by atoms with Crippen molar-refractivity contribution in [3.05, 3.63) is 23.2 Å². The molecule has 2 rings (SSSR count). The molecule has 3 N–H and O–H groups in total. The molecule has 18 heavy (non-hydrogen) atoms. The maximum atomic E-state index is 12.0. The van der Waals surface area contributed by atoms with Gasteiger partial charge in [0.05, 0.1) is 17.7 Å². The van der Waals surface area contributed by atoms with Crippen molar-refractivity contribution < 1.29 is 14.3 Å². The van der Waals surface area contributed by atoms with E-state index in [1.54, 1.807) is 19.9 Å². The van der Waals surface area contributed by atoms with Crippen molar-refractivity contribution in [1.82, 2.24) is 10.6 Å². The van der Waals surface area contributed by atoms with Gasteiger partial charge in [-0.15, -0.1) is 12.4 Å². The number of hydrogen-bond donors (Lipinski definition) is 3. The number of amides is 1. The Kier molecular flexibility index (Phi) is 5.19. The SMILES string of the molecule is Cc1cc(C(=O)N[C@H]2CNCC[C@H]2O)c(C)o1.Cl. The molecule has 0 aliphatic carbocycles. The average Bonchev–Trinajstić information content (AvgIpc) is 2.61. The molecule has 0 aromatic carbocycles. The molecular weight excluding hydrogens is 256 g/mol. The van der Waals surface area contributed by atoms with Crippen LogP contribution in [-0.2, 0) is 0 Å². The van der Waals surface area contributed by atoms with Gasteiger partial charge in [-0.2, -0.15) is 0 Å². The maximum Gasteiger partial charge on any atom is 0.255 e. The molecule has 0 unspecified atom stereocenters. The van der Waals surface area contributed by atoms with Crippen LogP contribution in [0.2, 0.25) is 0 Å². The molecule has 0 spiro atoms. The Hall–Kier alpha value is -1.04. The lowest BCUT2D eigenvalue weighted by Gasteiger charge is -2.28. The molecule has 5 nitrogen and oxygen atoms in total. The predicted octanol–water partition coefficient (Wildman–Crippen LogP) is 0.771. The Morgan fingerprint density at radius 2 is 2.28 bits per heavy atom. The summed E-state index contributed by atoms with van der Waals surface area (Å²) in [5, 5.41) is 15.7. The summed E-state index contributed by atoms with van der Waals surface area (Å²) in [5.74, 6) is 1.14. The number of nitrogens with one attached hydrogen (secondary N) is 2. The molecule has 1 aliphatic rings. The quantitative estimate of drug-likeness (QED) is 0.745. The average molecular weight is 275 g/mol. The van der Waals surface area contributed by atoms with Crippen molar-refractivity contribution in [2.45, 2.75) is 32.4 Å². The van der Waals surface area contributed by atoms with Gasteiger partial charge in [0.1, 0.15) is 11.5 Å². The first-order chi connectivity index (χ1) is 8.08. The van der Waals surface area contributed by atoms with Gasteiger partial charge in [0.2, 0.25) is 0 Å². The van der Waals surface area contributed by atoms with Gasteiger partial charge >= 0.3 is 0 Å². The van der Waals surface area contributed by atoms with Crippen molar-refractivity contribution in [3.63, 3.8) is 0 Å². The zero-order chi connectivity index (χ0) is 12.4. The van der Waals surface area contributed by atoms with E-state index in [-0.39, 0.29) is 24.4 Å². The molecule has 102 valence electrons. The number of aliphatic hydroxyl groups excluding tert-OH is 1. The normalized spacial score (nSPS) is 23.3. The van der Waals surface area contributed by atoms with E-state index in [4.69, 9.17) is 4.42 Å². The van der Waals surface area contributed by atoms with Gasteiger partial charge in [-0.3, -0.25) is 4.79 Å². The standard InChI is InChI=1S/C12H18N2O3.ClH/c1-7-5-9(8(2)17-7)12(16)14-10-6-13-4-3-11(10)15;/h5,10-11,13,15H,3-4,6H2,1-2H3,(H,14,16);1H/t10-,11+;/m0./s1. The van der Waals surface area contributed by atoms with Crippen LogP contribution < -0.4 is 10.6 Å². The first kappa shape index (κ1) is 15.0. The molecule has 1 aromatic heterocycles. The molecule has 1 fully saturated rings. The van der Waals surface area contributed by atoms with Crippen molar-refractivity contribution in [2.75, 3.05) is 13.1 Å². The van der Waals surface area contributed by atoms with Gasteiger partial charge in [-0.1, -0.05) is 0 Å². The molecule has 1 aromatic rings. The lowest BCUT2D eigenvalue weighted by atomic mass is 10.0. The number of aryl methyl sites for hydroxylation is 2. The summed E-state index contributed by atoms with van der Waals surface area (Å²) < 4.78 is 5.31. The molecular formula is C12H19ClN2O3. The van der Waals surface area contributed by atoms with Gasteiger partial charge in [0, 0.05) is 6.54 Å². The highest BCUT2D eigenvalue weighted by molar-refractivity contribution is 5.95. The summed E-state index contributed by atoms with van der Waals surface area (Å²) in [6.07, 6.45) is 0.183. The van der Waals surface area contributed by atoms with Crippen molar-refractivity contribution in [1.29, 1.82) is 0 Å². The van der Waals surface area contributed by atoms with Crippen LogP contribution in [0.1, 0.15) is 28.3 Å². The zero-order valence-electron chi connectivity index (χ0n) is 10.5. The second-order valence-electron chi connectivity index (χ2n) is 4.47. The van der Waals surface area contributed by atoms with Crippen LogP contribution in [0.15, 0.2) is 10.5 Å². The third-order valence-electron chi connectivity index (χ3n) is 3.05.